The summed E-state index contributed by atoms with van der Waals surface area (Å²) in [4.78, 5) is 34.1. The molecule has 0 radical (unpaired) electrons. The molecule has 3 atom stereocenters. The van der Waals surface area contributed by atoms with E-state index in [0.29, 0.717) is 6.42 Å². The summed E-state index contributed by atoms with van der Waals surface area (Å²) in [5, 5.41) is 17.9. The van der Waals surface area contributed by atoms with Gasteiger partial charge >= 0.3 is 25.5 Å². The van der Waals surface area contributed by atoms with Crippen LogP contribution in [0.4, 0.5) is 0 Å². The minimum Gasteiger partial charge on any atom is -0.481 e. The molecule has 0 saturated carbocycles. The number of carbonyl (C=O) groups excluding carboxylic acids is 1. The minimum absolute atomic E-state index is 0.241. The molecule has 1 aromatic carbocycles. The summed E-state index contributed by atoms with van der Waals surface area (Å²) in [7, 11) is -2.95. The van der Waals surface area contributed by atoms with Crippen LogP contribution in [0.25, 0.3) is 0 Å². The van der Waals surface area contributed by atoms with E-state index in [-0.39, 0.29) is 6.42 Å². The van der Waals surface area contributed by atoms with Crippen molar-refractivity contribution in [3.8, 4) is 0 Å². The highest BCUT2D eigenvalue weighted by Crippen LogP contribution is 2.50. The summed E-state index contributed by atoms with van der Waals surface area (Å²) in [6.07, 6.45) is -0.852. The molecular weight excluding hydrogens is 363 g/mol. The zero-order valence-electron chi connectivity index (χ0n) is 14.7. The van der Waals surface area contributed by atoms with Gasteiger partial charge in [0.15, 0.2) is 0 Å². The number of carbonyl (C=O) groups is 3. The van der Waals surface area contributed by atoms with Gasteiger partial charge in [0, 0.05) is 13.5 Å². The molecule has 0 aromatic heterocycles. The molecule has 26 heavy (non-hydrogen) atoms. The molecule has 0 amide bonds. The predicted octanol–water partition coefficient (Wildman–Crippen LogP) is 2.81. The maximum absolute atomic E-state index is 12.6. The lowest BCUT2D eigenvalue weighted by Crippen LogP contribution is -2.23. The van der Waals surface area contributed by atoms with E-state index in [1.165, 1.54) is 0 Å². The van der Waals surface area contributed by atoms with E-state index >= 15 is 0 Å². The second kappa shape index (κ2) is 10.1. The first kappa shape index (κ1) is 21.9. The maximum Gasteiger partial charge on any atom is 0.381 e. The number of hydrogen-bond acceptors (Lipinski definition) is 6. The molecule has 0 heterocycles. The summed E-state index contributed by atoms with van der Waals surface area (Å²) in [6.45, 7) is 1.61. The van der Waals surface area contributed by atoms with Crippen LogP contribution in [0, 0.1) is 11.8 Å². The van der Waals surface area contributed by atoms with Crippen LogP contribution < -0.4 is 0 Å². The third-order valence-corrected chi connectivity index (χ3v) is 5.70. The highest BCUT2D eigenvalue weighted by Gasteiger charge is 2.36. The van der Waals surface area contributed by atoms with Gasteiger partial charge in [-0.2, -0.15) is 0 Å². The van der Waals surface area contributed by atoms with Crippen molar-refractivity contribution in [2.24, 2.45) is 11.8 Å². The molecule has 3 unspecified atom stereocenters. The van der Waals surface area contributed by atoms with Crippen LogP contribution in [0.3, 0.4) is 0 Å². The van der Waals surface area contributed by atoms with Crippen molar-refractivity contribution < 1.29 is 38.2 Å². The van der Waals surface area contributed by atoms with Crippen molar-refractivity contribution in [1.82, 2.24) is 0 Å². The van der Waals surface area contributed by atoms with Gasteiger partial charge in [0.2, 0.25) is 0 Å². The van der Waals surface area contributed by atoms with Crippen molar-refractivity contribution in [1.29, 1.82) is 0 Å². The van der Waals surface area contributed by atoms with Gasteiger partial charge in [-0.15, -0.1) is 0 Å². The average molecular weight is 386 g/mol. The number of rotatable bonds is 11. The SMILES string of the molecule is COP(=O)(CC(CCC(=O)O)C(=O)O)OC(=O)C(C)Cc1ccccc1. The highest BCUT2D eigenvalue weighted by atomic mass is 31.2. The van der Waals surface area contributed by atoms with Crippen LogP contribution in [0.5, 0.6) is 0 Å². The Morgan fingerprint density at radius 2 is 1.77 bits per heavy atom. The quantitative estimate of drug-likeness (QED) is 0.556. The van der Waals surface area contributed by atoms with Gasteiger partial charge in [-0.1, -0.05) is 37.3 Å². The minimum atomic E-state index is -4.01. The van der Waals surface area contributed by atoms with Crippen molar-refractivity contribution >= 4 is 25.5 Å². The van der Waals surface area contributed by atoms with Crippen LogP contribution >= 0.6 is 7.60 Å². The van der Waals surface area contributed by atoms with E-state index < -0.39 is 49.9 Å². The number of carboxylic acids is 2. The number of aliphatic carboxylic acids is 2. The largest absolute Gasteiger partial charge is 0.481 e. The van der Waals surface area contributed by atoms with E-state index in [4.69, 9.17) is 14.2 Å². The molecule has 8 nitrogen and oxygen atoms in total. The maximum atomic E-state index is 12.6. The summed E-state index contributed by atoms with van der Waals surface area (Å²) in [5.74, 6) is -5.12. The van der Waals surface area contributed by atoms with Crippen molar-refractivity contribution in [3.63, 3.8) is 0 Å². The van der Waals surface area contributed by atoms with Gasteiger partial charge < -0.3 is 19.3 Å². The highest BCUT2D eigenvalue weighted by molar-refractivity contribution is 7.54. The Balaban J connectivity index is 2.74. The molecule has 1 aromatic rings. The molecule has 0 bridgehead atoms. The average Bonchev–Trinajstić information content (AvgIpc) is 2.59. The predicted molar refractivity (Wildman–Crippen MR) is 92.9 cm³/mol. The zero-order valence-corrected chi connectivity index (χ0v) is 15.6. The summed E-state index contributed by atoms with van der Waals surface area (Å²) in [6, 6.07) is 9.17. The fourth-order valence-electron chi connectivity index (χ4n) is 2.29. The van der Waals surface area contributed by atoms with Gasteiger partial charge in [0.25, 0.3) is 0 Å². The van der Waals surface area contributed by atoms with E-state index in [1.54, 1.807) is 6.92 Å². The summed E-state index contributed by atoms with van der Waals surface area (Å²) in [5.41, 5.74) is 0.897. The Labute approximate surface area is 151 Å². The van der Waals surface area contributed by atoms with E-state index in [2.05, 4.69) is 0 Å². The molecule has 0 saturated heterocycles. The zero-order chi connectivity index (χ0) is 19.7. The number of benzene rings is 1. The fraction of sp³-hybridized carbons (Fsp3) is 0.471. The Bertz CT molecular complexity index is 673. The Morgan fingerprint density at radius 1 is 1.15 bits per heavy atom. The smallest absolute Gasteiger partial charge is 0.381 e. The van der Waals surface area contributed by atoms with Crippen molar-refractivity contribution in [3.05, 3.63) is 35.9 Å². The van der Waals surface area contributed by atoms with E-state index in [9.17, 15) is 24.1 Å². The second-order valence-electron chi connectivity index (χ2n) is 5.94. The van der Waals surface area contributed by atoms with E-state index in [1.807, 2.05) is 30.3 Å². The normalized spacial score (nSPS) is 15.5. The molecule has 9 heteroatoms. The molecular formula is C17H23O8P. The number of carboxylic acid groups (broad SMARTS) is 2. The van der Waals surface area contributed by atoms with Crippen LogP contribution in [-0.4, -0.2) is 41.4 Å². The molecule has 0 aliphatic carbocycles. The van der Waals surface area contributed by atoms with Crippen LogP contribution in [0.1, 0.15) is 25.3 Å². The van der Waals surface area contributed by atoms with E-state index in [0.717, 1.165) is 12.7 Å². The molecule has 144 valence electrons. The van der Waals surface area contributed by atoms with Crippen LogP contribution in [0.15, 0.2) is 30.3 Å². The molecule has 0 aliphatic rings. The monoisotopic (exact) mass is 386 g/mol. The lowest BCUT2D eigenvalue weighted by molar-refractivity contribution is -0.143. The first-order valence-corrected chi connectivity index (χ1v) is 9.76. The Hall–Kier alpha value is -2.18. The molecule has 0 spiro atoms. The first-order valence-electron chi connectivity index (χ1n) is 8.03. The summed E-state index contributed by atoms with van der Waals surface area (Å²) >= 11 is 0. The van der Waals surface area contributed by atoms with Crippen LogP contribution in [0.2, 0.25) is 0 Å². The fourth-order valence-corrected chi connectivity index (χ4v) is 3.92. The third kappa shape index (κ3) is 7.37. The standard InChI is InChI=1S/C17H23O8P/c1-12(10-13-6-4-3-5-7-13)17(22)25-26(23,24-2)11-14(16(20)21)8-9-15(18)19/h3-7,12,14H,8-11H2,1-2H3,(H,18,19)(H,20,21). The second-order valence-corrected chi connectivity index (χ2v) is 8.08. The van der Waals surface area contributed by atoms with Gasteiger partial charge in [-0.3, -0.25) is 14.4 Å². The van der Waals surface area contributed by atoms with Gasteiger partial charge in [-0.25, -0.2) is 4.57 Å². The Morgan fingerprint density at radius 3 is 2.27 bits per heavy atom. The van der Waals surface area contributed by atoms with Gasteiger partial charge in [0.1, 0.15) is 0 Å². The number of hydrogen-bond donors (Lipinski definition) is 2. The molecule has 0 aliphatic heterocycles. The van der Waals surface area contributed by atoms with Gasteiger partial charge in [-0.05, 0) is 18.4 Å². The molecule has 2 N–H and O–H groups in total. The van der Waals surface area contributed by atoms with Crippen LogP contribution in [-0.2, 0) is 34.4 Å². The van der Waals surface area contributed by atoms with Crippen molar-refractivity contribution in [2.75, 3.05) is 13.3 Å². The first-order chi connectivity index (χ1) is 12.2. The molecule has 0 fully saturated rings. The van der Waals surface area contributed by atoms with Crippen molar-refractivity contribution in [2.45, 2.75) is 26.2 Å². The third-order valence-electron chi connectivity index (χ3n) is 3.79. The lowest BCUT2D eigenvalue weighted by atomic mass is 10.0. The topological polar surface area (TPSA) is 127 Å². The summed E-state index contributed by atoms with van der Waals surface area (Å²) < 4.78 is 22.4. The molecule has 1 rings (SSSR count). The Kier molecular flexibility index (Phi) is 8.48. The lowest BCUT2D eigenvalue weighted by Gasteiger charge is -2.21. The van der Waals surface area contributed by atoms with Gasteiger partial charge in [0.05, 0.1) is 18.0 Å².